The molecule has 0 radical (unpaired) electrons. The van der Waals surface area contributed by atoms with Crippen molar-refractivity contribution in [2.75, 3.05) is 10.5 Å². The molecule has 1 heterocycles. The molecule has 0 atom stereocenters. The second kappa shape index (κ2) is 4.62. The summed E-state index contributed by atoms with van der Waals surface area (Å²) in [5, 5.41) is -0.0505. The predicted octanol–water partition coefficient (Wildman–Crippen LogP) is 1.57. The van der Waals surface area contributed by atoms with Gasteiger partial charge in [0.1, 0.15) is 0 Å². The lowest BCUT2D eigenvalue weighted by atomic mass is 10.3. The minimum absolute atomic E-state index is 0.0258. The molecule has 0 unspecified atom stereocenters. The molecular formula is C10H11BrN4O2S. The first kappa shape index (κ1) is 12.9. The number of nitrogens with one attached hydrogen (secondary N) is 1. The minimum Gasteiger partial charge on any atom is -0.381 e. The van der Waals surface area contributed by atoms with Crippen LogP contribution in [0.25, 0.3) is 0 Å². The topological polar surface area (TPSA) is 90.0 Å². The number of nitrogens with two attached hydrogens (primary N) is 1. The van der Waals surface area contributed by atoms with Crippen LogP contribution in [0, 0.1) is 0 Å². The maximum Gasteiger partial charge on any atom is 0.281 e. The molecule has 0 bridgehead atoms. The molecule has 18 heavy (non-hydrogen) atoms. The summed E-state index contributed by atoms with van der Waals surface area (Å²) in [6.45, 7) is 0. The zero-order valence-corrected chi connectivity index (χ0v) is 11.9. The van der Waals surface area contributed by atoms with Gasteiger partial charge in [-0.25, -0.2) is 4.98 Å². The molecule has 1 aromatic heterocycles. The highest BCUT2D eigenvalue weighted by molar-refractivity contribution is 9.10. The van der Waals surface area contributed by atoms with Crippen LogP contribution in [-0.2, 0) is 17.1 Å². The molecular weight excluding hydrogens is 320 g/mol. The summed E-state index contributed by atoms with van der Waals surface area (Å²) in [7, 11) is -2.17. The number of anilines is 2. The highest BCUT2D eigenvalue weighted by Crippen LogP contribution is 2.21. The Hall–Kier alpha value is -1.54. The van der Waals surface area contributed by atoms with E-state index in [-0.39, 0.29) is 10.8 Å². The van der Waals surface area contributed by atoms with E-state index in [1.165, 1.54) is 10.9 Å². The van der Waals surface area contributed by atoms with E-state index in [1.807, 2.05) is 0 Å². The lowest BCUT2D eigenvalue weighted by Crippen LogP contribution is -2.17. The molecule has 0 aliphatic heterocycles. The average molecular weight is 331 g/mol. The summed E-state index contributed by atoms with van der Waals surface area (Å²) in [5.74, 6) is -0.0258. The van der Waals surface area contributed by atoms with Crippen molar-refractivity contribution >= 4 is 37.5 Å². The number of aryl methyl sites for hydroxylation is 1. The van der Waals surface area contributed by atoms with Crippen LogP contribution in [0.3, 0.4) is 0 Å². The smallest absolute Gasteiger partial charge is 0.281 e. The van der Waals surface area contributed by atoms with Gasteiger partial charge in [-0.2, -0.15) is 8.42 Å². The SMILES string of the molecule is Cn1cnc(N)c1S(=O)(=O)Nc1ccc(Br)cc1. The maximum absolute atomic E-state index is 12.1. The normalized spacial score (nSPS) is 11.4. The van der Waals surface area contributed by atoms with Crippen molar-refractivity contribution in [1.29, 1.82) is 0 Å². The van der Waals surface area contributed by atoms with Crippen molar-refractivity contribution in [2.24, 2.45) is 7.05 Å². The van der Waals surface area contributed by atoms with Crippen molar-refractivity contribution in [3.05, 3.63) is 35.1 Å². The number of sulfonamides is 1. The molecule has 0 fully saturated rings. The molecule has 0 aliphatic rings. The van der Waals surface area contributed by atoms with E-state index >= 15 is 0 Å². The first-order valence-electron chi connectivity index (χ1n) is 4.95. The van der Waals surface area contributed by atoms with E-state index in [9.17, 15) is 8.42 Å². The van der Waals surface area contributed by atoms with Gasteiger partial charge in [0.15, 0.2) is 10.8 Å². The Morgan fingerprint density at radius 1 is 1.33 bits per heavy atom. The van der Waals surface area contributed by atoms with Gasteiger partial charge in [-0.3, -0.25) is 4.72 Å². The Labute approximate surface area is 113 Å². The van der Waals surface area contributed by atoms with Gasteiger partial charge in [0, 0.05) is 17.2 Å². The average Bonchev–Trinajstić information content (AvgIpc) is 2.62. The van der Waals surface area contributed by atoms with Crippen molar-refractivity contribution in [1.82, 2.24) is 9.55 Å². The summed E-state index contributed by atoms with van der Waals surface area (Å²) < 4.78 is 28.9. The van der Waals surface area contributed by atoms with Crippen LogP contribution in [0.1, 0.15) is 0 Å². The Balaban J connectivity index is 2.36. The van der Waals surface area contributed by atoms with Crippen LogP contribution >= 0.6 is 15.9 Å². The molecule has 3 N–H and O–H groups in total. The molecule has 2 aromatic rings. The fraction of sp³-hybridized carbons (Fsp3) is 0.100. The number of aromatic nitrogens is 2. The van der Waals surface area contributed by atoms with Gasteiger partial charge in [0.2, 0.25) is 0 Å². The molecule has 6 nitrogen and oxygen atoms in total. The third-order valence-corrected chi connectivity index (χ3v) is 4.30. The van der Waals surface area contributed by atoms with Gasteiger partial charge >= 0.3 is 0 Å². The van der Waals surface area contributed by atoms with Crippen molar-refractivity contribution < 1.29 is 8.42 Å². The molecule has 8 heteroatoms. The summed E-state index contributed by atoms with van der Waals surface area (Å²) in [6, 6.07) is 6.78. The van der Waals surface area contributed by atoms with E-state index < -0.39 is 10.0 Å². The van der Waals surface area contributed by atoms with E-state index in [0.717, 1.165) is 4.47 Å². The number of imidazole rings is 1. The quantitative estimate of drug-likeness (QED) is 0.893. The number of hydrogen-bond donors (Lipinski definition) is 2. The second-order valence-electron chi connectivity index (χ2n) is 3.66. The summed E-state index contributed by atoms with van der Waals surface area (Å²) in [6.07, 6.45) is 1.35. The van der Waals surface area contributed by atoms with Gasteiger partial charge in [0.25, 0.3) is 10.0 Å². The van der Waals surface area contributed by atoms with E-state index in [1.54, 1.807) is 31.3 Å². The van der Waals surface area contributed by atoms with Crippen LogP contribution in [0.5, 0.6) is 0 Å². The fourth-order valence-electron chi connectivity index (χ4n) is 1.49. The van der Waals surface area contributed by atoms with Gasteiger partial charge in [-0.05, 0) is 24.3 Å². The molecule has 1 aromatic carbocycles. The highest BCUT2D eigenvalue weighted by Gasteiger charge is 2.22. The first-order valence-corrected chi connectivity index (χ1v) is 7.23. The van der Waals surface area contributed by atoms with Crippen molar-refractivity contribution in [2.45, 2.75) is 5.03 Å². The third-order valence-electron chi connectivity index (χ3n) is 2.26. The number of halogens is 1. The number of nitrogens with zero attached hydrogens (tertiary/aromatic N) is 2. The Kier molecular flexibility index (Phi) is 3.31. The summed E-state index contributed by atoms with van der Waals surface area (Å²) >= 11 is 3.28. The molecule has 0 saturated heterocycles. The molecule has 0 saturated carbocycles. The van der Waals surface area contributed by atoms with Crippen molar-refractivity contribution in [3.8, 4) is 0 Å². The standard InChI is InChI=1S/C10H11BrN4O2S/c1-15-6-13-9(12)10(15)18(16,17)14-8-4-2-7(11)3-5-8/h2-6,14H,12H2,1H3. The monoisotopic (exact) mass is 330 g/mol. The molecule has 0 spiro atoms. The van der Waals surface area contributed by atoms with Crippen LogP contribution < -0.4 is 10.5 Å². The second-order valence-corrected chi connectivity index (χ2v) is 6.17. The van der Waals surface area contributed by atoms with E-state index in [2.05, 4.69) is 25.6 Å². The van der Waals surface area contributed by atoms with Crippen LogP contribution in [0.4, 0.5) is 11.5 Å². The molecule has 2 rings (SSSR count). The van der Waals surface area contributed by atoms with Crippen molar-refractivity contribution in [3.63, 3.8) is 0 Å². The number of benzene rings is 1. The summed E-state index contributed by atoms with van der Waals surface area (Å²) in [4.78, 5) is 3.75. The van der Waals surface area contributed by atoms with Gasteiger partial charge in [0.05, 0.1) is 6.33 Å². The zero-order valence-electron chi connectivity index (χ0n) is 9.46. The van der Waals surface area contributed by atoms with Gasteiger partial charge in [-0.15, -0.1) is 0 Å². The van der Waals surface area contributed by atoms with Crippen LogP contribution in [-0.4, -0.2) is 18.0 Å². The van der Waals surface area contributed by atoms with E-state index in [4.69, 9.17) is 5.73 Å². The molecule has 0 aliphatic carbocycles. The number of hydrogen-bond acceptors (Lipinski definition) is 4. The fourth-order valence-corrected chi connectivity index (χ4v) is 3.05. The molecule has 0 amide bonds. The van der Waals surface area contributed by atoms with Crippen LogP contribution in [0.2, 0.25) is 0 Å². The number of rotatable bonds is 3. The first-order chi connectivity index (χ1) is 8.40. The number of nitrogen functional groups attached to an aromatic ring is 1. The minimum atomic E-state index is -3.73. The largest absolute Gasteiger partial charge is 0.381 e. The maximum atomic E-state index is 12.1. The Morgan fingerprint density at radius 3 is 2.44 bits per heavy atom. The predicted molar refractivity (Wildman–Crippen MR) is 72.6 cm³/mol. The van der Waals surface area contributed by atoms with Gasteiger partial charge < -0.3 is 10.3 Å². The summed E-state index contributed by atoms with van der Waals surface area (Å²) in [5.41, 5.74) is 6.00. The molecule has 96 valence electrons. The highest BCUT2D eigenvalue weighted by atomic mass is 79.9. The third kappa shape index (κ3) is 2.49. The zero-order chi connectivity index (χ0) is 13.3. The van der Waals surface area contributed by atoms with E-state index in [0.29, 0.717) is 5.69 Å². The van der Waals surface area contributed by atoms with Crippen LogP contribution in [0.15, 0.2) is 40.1 Å². The lowest BCUT2D eigenvalue weighted by Gasteiger charge is -2.08. The Bertz CT molecular complexity index is 644. The lowest BCUT2D eigenvalue weighted by molar-refractivity contribution is 0.592. The van der Waals surface area contributed by atoms with Gasteiger partial charge in [-0.1, -0.05) is 15.9 Å². The Morgan fingerprint density at radius 2 is 1.94 bits per heavy atom.